The first-order chi connectivity index (χ1) is 14.9. The maximum atomic E-state index is 12.9. The van der Waals surface area contributed by atoms with E-state index in [1.807, 2.05) is 0 Å². The van der Waals surface area contributed by atoms with Crippen molar-refractivity contribution in [1.29, 1.82) is 0 Å². The van der Waals surface area contributed by atoms with Crippen LogP contribution in [-0.2, 0) is 10.1 Å². The van der Waals surface area contributed by atoms with Gasteiger partial charge in [-0.1, -0.05) is 31.4 Å². The molecule has 7 rings (SSSR count). The van der Waals surface area contributed by atoms with Crippen molar-refractivity contribution in [3.63, 3.8) is 0 Å². The van der Waals surface area contributed by atoms with Crippen LogP contribution < -0.4 is 0 Å². The summed E-state index contributed by atoms with van der Waals surface area (Å²) >= 11 is 0. The van der Waals surface area contributed by atoms with Crippen molar-refractivity contribution >= 4 is 10.1 Å². The Labute approximate surface area is 187 Å². The van der Waals surface area contributed by atoms with Crippen LogP contribution in [0.1, 0.15) is 111 Å². The lowest BCUT2D eigenvalue weighted by molar-refractivity contribution is 0.392. The maximum absolute atomic E-state index is 12.9. The zero-order valence-corrected chi connectivity index (χ0v) is 19.3. The standard InChI is InChI=1S/C27H36O3S/c28-31(29,30)27-25(23-11-16-2-5-19(23)8-16)13-21(22-10-15-1-4-18(22)7-15)14-26(27)24-12-17-3-6-20(24)9-17/h13-20,22-24H,1-12H2,(H,28,29,30). The van der Waals surface area contributed by atoms with Crippen LogP contribution in [0.4, 0.5) is 0 Å². The van der Waals surface area contributed by atoms with E-state index in [-0.39, 0.29) is 0 Å². The first kappa shape index (κ1) is 19.6. The highest BCUT2D eigenvalue weighted by Crippen LogP contribution is 2.59. The monoisotopic (exact) mass is 440 g/mol. The highest BCUT2D eigenvalue weighted by Gasteiger charge is 2.47. The molecule has 6 fully saturated rings. The lowest BCUT2D eigenvalue weighted by Gasteiger charge is -2.32. The van der Waals surface area contributed by atoms with Crippen molar-refractivity contribution in [3.05, 3.63) is 28.8 Å². The van der Waals surface area contributed by atoms with Gasteiger partial charge in [0.2, 0.25) is 0 Å². The molecule has 3 nitrogen and oxygen atoms in total. The summed E-state index contributed by atoms with van der Waals surface area (Å²) in [5, 5.41) is 0. The Morgan fingerprint density at radius 1 is 0.613 bits per heavy atom. The van der Waals surface area contributed by atoms with Crippen molar-refractivity contribution in [2.45, 2.75) is 99.7 Å². The molecule has 0 aliphatic heterocycles. The first-order valence-electron chi connectivity index (χ1n) is 13.1. The van der Waals surface area contributed by atoms with Crippen LogP contribution in [0.15, 0.2) is 17.0 Å². The topological polar surface area (TPSA) is 54.4 Å². The molecule has 0 spiro atoms. The minimum atomic E-state index is -4.22. The zero-order valence-electron chi connectivity index (χ0n) is 18.5. The van der Waals surface area contributed by atoms with E-state index in [2.05, 4.69) is 12.1 Å². The Morgan fingerprint density at radius 3 is 1.35 bits per heavy atom. The van der Waals surface area contributed by atoms with E-state index in [0.717, 1.165) is 47.6 Å². The molecular formula is C27H36O3S. The molecule has 0 radical (unpaired) electrons. The van der Waals surface area contributed by atoms with Crippen molar-refractivity contribution in [3.8, 4) is 0 Å². The van der Waals surface area contributed by atoms with Crippen LogP contribution in [0.5, 0.6) is 0 Å². The summed E-state index contributed by atoms with van der Waals surface area (Å²) in [5.41, 5.74) is 3.47. The highest BCUT2D eigenvalue weighted by atomic mass is 32.2. The van der Waals surface area contributed by atoms with Gasteiger partial charge >= 0.3 is 0 Å². The average Bonchev–Trinajstić information content (AvgIpc) is 3.58. The summed E-state index contributed by atoms with van der Waals surface area (Å²) in [5.74, 6) is 5.74. The fraction of sp³-hybridized carbons (Fsp3) is 0.778. The Hall–Kier alpha value is -0.870. The second-order valence-electron chi connectivity index (χ2n) is 12.3. The third kappa shape index (κ3) is 3.03. The van der Waals surface area contributed by atoms with Gasteiger partial charge in [0.05, 0.1) is 0 Å². The molecule has 4 heteroatoms. The largest absolute Gasteiger partial charge is 0.295 e. The van der Waals surface area contributed by atoms with Crippen LogP contribution in [0, 0.1) is 35.5 Å². The first-order valence-corrected chi connectivity index (χ1v) is 14.5. The summed E-state index contributed by atoms with van der Waals surface area (Å²) in [6, 6.07) is 4.58. The third-order valence-corrected chi connectivity index (χ3v) is 11.9. The van der Waals surface area contributed by atoms with Crippen molar-refractivity contribution in [2.75, 3.05) is 0 Å². The SMILES string of the molecule is O=S(=O)(O)c1c(C2CC3CCC2C3)cc(C2CC3CCC2C3)cc1C1CC2CCC1C2. The van der Waals surface area contributed by atoms with Gasteiger partial charge < -0.3 is 0 Å². The predicted octanol–water partition coefficient (Wildman–Crippen LogP) is 6.64. The predicted molar refractivity (Wildman–Crippen MR) is 121 cm³/mol. The summed E-state index contributed by atoms with van der Waals surface area (Å²) in [7, 11) is -4.22. The molecular weight excluding hydrogens is 404 g/mol. The Morgan fingerprint density at radius 2 is 1.03 bits per heavy atom. The van der Waals surface area contributed by atoms with E-state index >= 15 is 0 Å². The van der Waals surface area contributed by atoms with Gasteiger partial charge in [-0.25, -0.2) is 0 Å². The highest BCUT2D eigenvalue weighted by molar-refractivity contribution is 7.86. The Kier molecular flexibility index (Phi) is 4.31. The molecule has 6 aliphatic rings. The van der Waals surface area contributed by atoms with Gasteiger partial charge in [-0.05, 0) is 128 Å². The van der Waals surface area contributed by atoms with E-state index in [0.29, 0.717) is 34.5 Å². The molecule has 31 heavy (non-hydrogen) atoms. The molecule has 0 amide bonds. The fourth-order valence-electron chi connectivity index (χ4n) is 9.67. The van der Waals surface area contributed by atoms with Crippen molar-refractivity contribution in [1.82, 2.24) is 0 Å². The van der Waals surface area contributed by atoms with Crippen LogP contribution in [-0.4, -0.2) is 13.0 Å². The lowest BCUT2D eigenvalue weighted by atomic mass is 9.75. The normalized spacial score (nSPS) is 45.3. The Balaban J connectivity index is 1.40. The smallest absolute Gasteiger partial charge is 0.282 e. The molecule has 0 heterocycles. The van der Waals surface area contributed by atoms with E-state index in [4.69, 9.17) is 0 Å². The van der Waals surface area contributed by atoms with Gasteiger partial charge in [-0.3, -0.25) is 4.55 Å². The van der Waals surface area contributed by atoms with Crippen molar-refractivity contribution in [2.24, 2.45) is 35.5 Å². The molecule has 168 valence electrons. The molecule has 6 bridgehead atoms. The number of fused-ring (bicyclic) bond motifs is 6. The summed E-state index contributed by atoms with van der Waals surface area (Å²) < 4.78 is 36.4. The minimum absolute atomic E-state index is 0.339. The van der Waals surface area contributed by atoms with Crippen LogP contribution in [0.2, 0.25) is 0 Å². The number of hydrogen-bond donors (Lipinski definition) is 1. The minimum Gasteiger partial charge on any atom is -0.282 e. The number of rotatable bonds is 4. The van der Waals surface area contributed by atoms with E-state index in [1.165, 1.54) is 69.8 Å². The Bertz CT molecular complexity index is 964. The molecule has 9 atom stereocenters. The van der Waals surface area contributed by atoms with Gasteiger partial charge in [0.25, 0.3) is 10.1 Å². The quantitative estimate of drug-likeness (QED) is 0.534. The van der Waals surface area contributed by atoms with Gasteiger partial charge in [0, 0.05) is 0 Å². The summed E-state index contributed by atoms with van der Waals surface area (Å²) in [4.78, 5) is 0.356. The second kappa shape index (κ2) is 6.82. The zero-order chi connectivity index (χ0) is 20.9. The number of benzene rings is 1. The molecule has 9 unspecified atom stereocenters. The summed E-state index contributed by atoms with van der Waals surface area (Å²) in [6.07, 6.45) is 15.3. The van der Waals surface area contributed by atoms with Crippen LogP contribution >= 0.6 is 0 Å². The molecule has 0 aromatic heterocycles. The molecule has 1 aromatic rings. The van der Waals surface area contributed by atoms with Gasteiger partial charge in [-0.15, -0.1) is 0 Å². The van der Waals surface area contributed by atoms with E-state index in [1.54, 1.807) is 0 Å². The van der Waals surface area contributed by atoms with E-state index in [9.17, 15) is 13.0 Å². The van der Waals surface area contributed by atoms with Crippen LogP contribution in [0.25, 0.3) is 0 Å². The van der Waals surface area contributed by atoms with Crippen LogP contribution in [0.3, 0.4) is 0 Å². The number of hydrogen-bond acceptors (Lipinski definition) is 2. The second-order valence-corrected chi connectivity index (χ2v) is 13.7. The third-order valence-electron chi connectivity index (χ3n) is 10.9. The molecule has 0 saturated heterocycles. The van der Waals surface area contributed by atoms with Crippen molar-refractivity contribution < 1.29 is 13.0 Å². The molecule has 1 N–H and O–H groups in total. The summed E-state index contributed by atoms with van der Waals surface area (Å²) in [6.45, 7) is 0. The van der Waals surface area contributed by atoms with Gasteiger partial charge in [0.1, 0.15) is 4.90 Å². The maximum Gasteiger partial charge on any atom is 0.295 e. The lowest BCUT2D eigenvalue weighted by Crippen LogP contribution is -2.20. The van der Waals surface area contributed by atoms with Gasteiger partial charge in [0.15, 0.2) is 0 Å². The molecule has 6 aliphatic carbocycles. The van der Waals surface area contributed by atoms with Gasteiger partial charge in [-0.2, -0.15) is 8.42 Å². The molecule has 1 aromatic carbocycles. The van der Waals surface area contributed by atoms with E-state index < -0.39 is 10.1 Å². The average molecular weight is 441 g/mol. The molecule has 6 saturated carbocycles. The fourth-order valence-corrected chi connectivity index (χ4v) is 10.7.